The lowest BCUT2D eigenvalue weighted by Gasteiger charge is -2.34. The second-order valence-corrected chi connectivity index (χ2v) is 8.20. The van der Waals surface area contributed by atoms with Gasteiger partial charge in [-0.25, -0.2) is 0 Å². The van der Waals surface area contributed by atoms with Gasteiger partial charge >= 0.3 is 0 Å². The highest BCUT2D eigenvalue weighted by Gasteiger charge is 2.24. The van der Waals surface area contributed by atoms with Crippen LogP contribution in [0.15, 0.2) is 35.7 Å². The van der Waals surface area contributed by atoms with Crippen molar-refractivity contribution in [2.24, 2.45) is 0 Å². The van der Waals surface area contributed by atoms with Crippen LogP contribution in [0.1, 0.15) is 21.3 Å². The number of thiophene rings is 1. The van der Waals surface area contributed by atoms with E-state index in [1.54, 1.807) is 23.5 Å². The Labute approximate surface area is 177 Å². The van der Waals surface area contributed by atoms with E-state index in [4.69, 9.17) is 40.2 Å². The van der Waals surface area contributed by atoms with Crippen molar-refractivity contribution in [3.63, 3.8) is 0 Å². The van der Waals surface area contributed by atoms with Gasteiger partial charge in [0.25, 0.3) is 5.91 Å². The average molecular weight is 444 g/mol. The highest BCUT2D eigenvalue weighted by molar-refractivity contribution is 7.80. The Hall–Kier alpha value is -1.22. The van der Waals surface area contributed by atoms with Gasteiger partial charge in [0.15, 0.2) is 5.11 Å². The molecule has 0 bridgehead atoms. The molecule has 1 aliphatic rings. The van der Waals surface area contributed by atoms with Crippen molar-refractivity contribution in [2.75, 3.05) is 32.8 Å². The van der Waals surface area contributed by atoms with Crippen LogP contribution in [0.3, 0.4) is 0 Å². The first-order chi connectivity index (χ1) is 13.0. The van der Waals surface area contributed by atoms with Crippen LogP contribution in [0.2, 0.25) is 10.0 Å². The number of thiocarbonyl (C=S) groups is 1. The van der Waals surface area contributed by atoms with Crippen LogP contribution < -0.4 is 10.6 Å². The molecule has 0 aliphatic carbocycles. The molecule has 144 valence electrons. The fourth-order valence-electron chi connectivity index (χ4n) is 2.86. The maximum atomic E-state index is 12.4. The zero-order chi connectivity index (χ0) is 19.2. The monoisotopic (exact) mass is 443 g/mol. The fourth-order valence-corrected chi connectivity index (χ4v) is 4.39. The summed E-state index contributed by atoms with van der Waals surface area (Å²) >= 11 is 18.9. The quantitative estimate of drug-likeness (QED) is 0.689. The maximum Gasteiger partial charge on any atom is 0.258 e. The summed E-state index contributed by atoms with van der Waals surface area (Å²) in [5, 5.41) is 8.91. The number of carbonyl (C=O) groups excluding carboxylic acids is 1. The number of hydrogen-bond donors (Lipinski definition) is 2. The van der Waals surface area contributed by atoms with E-state index in [-0.39, 0.29) is 22.1 Å². The lowest BCUT2D eigenvalue weighted by Crippen LogP contribution is -2.46. The number of halogens is 2. The number of nitrogens with zero attached hydrogens (tertiary/aromatic N) is 1. The smallest absolute Gasteiger partial charge is 0.258 e. The summed E-state index contributed by atoms with van der Waals surface area (Å²) in [6.45, 7) is 3.76. The molecule has 1 aromatic heterocycles. The van der Waals surface area contributed by atoms with E-state index in [2.05, 4.69) is 27.0 Å². The Kier molecular flexibility index (Phi) is 7.46. The molecule has 5 nitrogen and oxygen atoms in total. The Morgan fingerprint density at radius 3 is 2.74 bits per heavy atom. The molecular weight excluding hydrogens is 425 g/mol. The van der Waals surface area contributed by atoms with E-state index in [1.165, 1.54) is 10.9 Å². The second-order valence-electron chi connectivity index (χ2n) is 5.97. The van der Waals surface area contributed by atoms with Gasteiger partial charge in [-0.3, -0.25) is 15.0 Å². The Bertz CT molecular complexity index is 796. The van der Waals surface area contributed by atoms with E-state index < -0.39 is 0 Å². The van der Waals surface area contributed by atoms with Crippen LogP contribution in [0.25, 0.3) is 0 Å². The molecule has 0 saturated carbocycles. The third kappa shape index (κ3) is 5.63. The minimum Gasteiger partial charge on any atom is -0.379 e. The number of hydrogen-bond acceptors (Lipinski definition) is 5. The number of morpholine rings is 1. The molecule has 2 N–H and O–H groups in total. The summed E-state index contributed by atoms with van der Waals surface area (Å²) in [6, 6.07) is 9.04. The van der Waals surface area contributed by atoms with Crippen molar-refractivity contribution in [2.45, 2.75) is 6.04 Å². The number of amides is 1. The van der Waals surface area contributed by atoms with Crippen molar-refractivity contribution >= 4 is 57.8 Å². The van der Waals surface area contributed by atoms with Crippen LogP contribution >= 0.6 is 46.8 Å². The summed E-state index contributed by atoms with van der Waals surface area (Å²) in [5.74, 6) is -0.367. The standard InChI is InChI=1S/C18H19Cl2N3O2S2/c19-12-3-4-13(14(20)10-12)17(24)22-18(26)21-11-15(16-2-1-9-27-16)23-5-7-25-8-6-23/h1-4,9-10,15H,5-8,11H2,(H2,21,22,24,26)/t15-/m1/s1. The van der Waals surface area contributed by atoms with Gasteiger partial charge in [0, 0.05) is 29.5 Å². The van der Waals surface area contributed by atoms with Gasteiger partial charge in [0.1, 0.15) is 0 Å². The molecule has 1 saturated heterocycles. The molecule has 27 heavy (non-hydrogen) atoms. The van der Waals surface area contributed by atoms with Crippen molar-refractivity contribution in [3.05, 3.63) is 56.2 Å². The van der Waals surface area contributed by atoms with E-state index >= 15 is 0 Å². The van der Waals surface area contributed by atoms with E-state index in [0.717, 1.165) is 26.3 Å². The number of rotatable bonds is 5. The molecular formula is C18H19Cl2N3O2S2. The molecule has 1 fully saturated rings. The van der Waals surface area contributed by atoms with Gasteiger partial charge in [-0.1, -0.05) is 29.3 Å². The largest absolute Gasteiger partial charge is 0.379 e. The van der Waals surface area contributed by atoms with E-state index in [9.17, 15) is 4.79 Å². The zero-order valence-corrected chi connectivity index (χ0v) is 17.6. The summed E-state index contributed by atoms with van der Waals surface area (Å²) in [7, 11) is 0. The molecule has 1 aromatic carbocycles. The number of benzene rings is 1. The first kappa shape index (κ1) is 20.5. The highest BCUT2D eigenvalue weighted by Crippen LogP contribution is 2.25. The average Bonchev–Trinajstić information content (AvgIpc) is 3.17. The normalized spacial score (nSPS) is 15.9. The van der Waals surface area contributed by atoms with Crippen molar-refractivity contribution in [1.29, 1.82) is 0 Å². The molecule has 1 aliphatic heterocycles. The summed E-state index contributed by atoms with van der Waals surface area (Å²) in [4.78, 5) is 16.0. The second kappa shape index (κ2) is 9.82. The van der Waals surface area contributed by atoms with Gasteiger partial charge in [-0.05, 0) is 41.9 Å². The molecule has 3 rings (SSSR count). The van der Waals surface area contributed by atoms with Crippen LogP contribution in [0.5, 0.6) is 0 Å². The molecule has 0 radical (unpaired) electrons. The van der Waals surface area contributed by atoms with Crippen LogP contribution in [-0.4, -0.2) is 48.8 Å². The van der Waals surface area contributed by atoms with Gasteiger partial charge in [-0.2, -0.15) is 0 Å². The summed E-state index contributed by atoms with van der Waals surface area (Å²) < 4.78 is 5.45. The van der Waals surface area contributed by atoms with Crippen molar-refractivity contribution in [3.8, 4) is 0 Å². The fraction of sp³-hybridized carbons (Fsp3) is 0.333. The molecule has 2 heterocycles. The van der Waals surface area contributed by atoms with Gasteiger partial charge < -0.3 is 10.1 Å². The topological polar surface area (TPSA) is 53.6 Å². The van der Waals surface area contributed by atoms with Gasteiger partial charge in [0.05, 0.1) is 29.8 Å². The maximum absolute atomic E-state index is 12.4. The molecule has 0 unspecified atom stereocenters. The SMILES string of the molecule is O=C(NC(=S)NC[C@H](c1cccs1)N1CCOCC1)c1ccc(Cl)cc1Cl. The van der Waals surface area contributed by atoms with Crippen molar-refractivity contribution < 1.29 is 9.53 Å². The minimum atomic E-state index is -0.367. The third-order valence-electron chi connectivity index (χ3n) is 4.22. The highest BCUT2D eigenvalue weighted by atomic mass is 35.5. The summed E-state index contributed by atoms with van der Waals surface area (Å²) in [5.41, 5.74) is 0.327. The first-order valence-electron chi connectivity index (χ1n) is 8.44. The lowest BCUT2D eigenvalue weighted by atomic mass is 10.2. The zero-order valence-electron chi connectivity index (χ0n) is 14.4. The number of nitrogens with one attached hydrogen (secondary N) is 2. The molecule has 1 amide bonds. The van der Waals surface area contributed by atoms with Crippen LogP contribution in [-0.2, 0) is 4.74 Å². The number of ether oxygens (including phenoxy) is 1. The molecule has 2 aromatic rings. The van der Waals surface area contributed by atoms with Crippen LogP contribution in [0, 0.1) is 0 Å². The first-order valence-corrected chi connectivity index (χ1v) is 10.5. The molecule has 9 heteroatoms. The van der Waals surface area contributed by atoms with Crippen LogP contribution in [0.4, 0.5) is 0 Å². The van der Waals surface area contributed by atoms with Gasteiger partial charge in [0.2, 0.25) is 0 Å². The third-order valence-corrected chi connectivity index (χ3v) is 5.98. The van der Waals surface area contributed by atoms with Crippen molar-refractivity contribution in [1.82, 2.24) is 15.5 Å². The summed E-state index contributed by atoms with van der Waals surface area (Å²) in [6.07, 6.45) is 0. The Balaban J connectivity index is 1.59. The van der Waals surface area contributed by atoms with E-state index in [0.29, 0.717) is 17.1 Å². The van der Waals surface area contributed by atoms with Gasteiger partial charge in [-0.15, -0.1) is 11.3 Å². The number of carbonyl (C=O) groups is 1. The lowest BCUT2D eigenvalue weighted by molar-refractivity contribution is 0.0177. The minimum absolute atomic E-state index is 0.169. The Morgan fingerprint density at radius 2 is 2.07 bits per heavy atom. The predicted octanol–water partition coefficient (Wildman–Crippen LogP) is 3.73. The molecule has 1 atom stereocenters. The van der Waals surface area contributed by atoms with E-state index in [1.807, 2.05) is 6.07 Å². The predicted molar refractivity (Wildman–Crippen MR) is 114 cm³/mol. The molecule has 0 spiro atoms. The Morgan fingerprint density at radius 1 is 1.30 bits per heavy atom.